The van der Waals surface area contributed by atoms with E-state index in [1.54, 1.807) is 12.1 Å². The number of fused-ring (bicyclic) bond motifs is 1. The number of amides is 1. The number of sulfonamides is 1. The molecule has 4 rings (SSSR count). The first kappa shape index (κ1) is 18.5. The van der Waals surface area contributed by atoms with Gasteiger partial charge in [-0.25, -0.2) is 8.42 Å². The van der Waals surface area contributed by atoms with Gasteiger partial charge in [0.25, 0.3) is 5.91 Å². The number of carbonyl (C=O) groups excluding carboxylic acids is 1. The van der Waals surface area contributed by atoms with Crippen LogP contribution in [0.3, 0.4) is 0 Å². The van der Waals surface area contributed by atoms with Gasteiger partial charge in [-0.3, -0.25) is 9.10 Å². The van der Waals surface area contributed by atoms with Crippen LogP contribution in [0.25, 0.3) is 0 Å². The van der Waals surface area contributed by atoms with Gasteiger partial charge in [-0.15, -0.1) is 0 Å². The van der Waals surface area contributed by atoms with Gasteiger partial charge in [-0.05, 0) is 60.7 Å². The van der Waals surface area contributed by atoms with Gasteiger partial charge < -0.3 is 4.90 Å². The molecule has 0 bridgehead atoms. The van der Waals surface area contributed by atoms with Gasteiger partial charge in [0.1, 0.15) is 0 Å². The summed E-state index contributed by atoms with van der Waals surface area (Å²) in [5.41, 5.74) is 3.38. The van der Waals surface area contributed by atoms with Crippen molar-refractivity contribution in [2.24, 2.45) is 0 Å². The smallest absolute Gasteiger partial charge is 0.254 e. The second-order valence-electron chi connectivity index (χ2n) is 7.14. The first-order valence-corrected chi connectivity index (χ1v) is 11.7. The van der Waals surface area contributed by atoms with E-state index in [-0.39, 0.29) is 11.9 Å². The molecule has 1 unspecified atom stereocenters. The molecule has 1 atom stereocenters. The molecule has 0 radical (unpaired) electrons. The Morgan fingerprint density at radius 1 is 1.15 bits per heavy atom. The molecule has 2 aliphatic heterocycles. The Hall–Kier alpha value is -1.86. The zero-order valence-corrected chi connectivity index (χ0v) is 17.5. The zero-order chi connectivity index (χ0) is 19.2. The normalized spacial score (nSPS) is 19.4. The van der Waals surface area contributed by atoms with E-state index in [1.165, 1.54) is 10.6 Å². The maximum absolute atomic E-state index is 13.2. The maximum atomic E-state index is 13.2. The molecule has 0 saturated carbocycles. The third-order valence-corrected chi connectivity index (χ3v) is 7.00. The SMILES string of the molecule is CS(=O)(=O)N1CCc2cc(C(=O)N3CCCC3c3cccc(Br)c3)ccc21. The van der Waals surface area contributed by atoms with E-state index in [0.29, 0.717) is 24.2 Å². The van der Waals surface area contributed by atoms with Crippen LogP contribution in [0.2, 0.25) is 0 Å². The summed E-state index contributed by atoms with van der Waals surface area (Å²) >= 11 is 3.51. The Bertz CT molecular complexity index is 1010. The Morgan fingerprint density at radius 3 is 2.70 bits per heavy atom. The van der Waals surface area contributed by atoms with Crippen molar-refractivity contribution in [3.63, 3.8) is 0 Å². The monoisotopic (exact) mass is 448 g/mol. The highest BCUT2D eigenvalue weighted by molar-refractivity contribution is 9.10. The second kappa shape index (κ2) is 6.95. The molecule has 5 nitrogen and oxygen atoms in total. The highest BCUT2D eigenvalue weighted by Gasteiger charge is 2.32. The topological polar surface area (TPSA) is 57.7 Å². The Morgan fingerprint density at radius 2 is 1.96 bits per heavy atom. The van der Waals surface area contributed by atoms with Crippen LogP contribution in [0.4, 0.5) is 5.69 Å². The molecular weight excluding hydrogens is 428 g/mol. The van der Waals surface area contributed by atoms with Gasteiger partial charge >= 0.3 is 0 Å². The van der Waals surface area contributed by atoms with Crippen LogP contribution in [0, 0.1) is 0 Å². The molecule has 27 heavy (non-hydrogen) atoms. The zero-order valence-electron chi connectivity index (χ0n) is 15.1. The van der Waals surface area contributed by atoms with Crippen molar-refractivity contribution in [2.45, 2.75) is 25.3 Å². The van der Waals surface area contributed by atoms with Crippen LogP contribution >= 0.6 is 15.9 Å². The van der Waals surface area contributed by atoms with E-state index in [2.05, 4.69) is 28.1 Å². The lowest BCUT2D eigenvalue weighted by atomic mass is 10.0. The van der Waals surface area contributed by atoms with Crippen LogP contribution in [-0.2, 0) is 16.4 Å². The number of hydrogen-bond donors (Lipinski definition) is 0. The minimum atomic E-state index is -3.28. The van der Waals surface area contributed by atoms with Crippen molar-refractivity contribution < 1.29 is 13.2 Å². The number of halogens is 1. The Labute approximate surface area is 168 Å². The minimum Gasteiger partial charge on any atom is -0.332 e. The average molecular weight is 449 g/mol. The number of likely N-dealkylation sites (tertiary alicyclic amines) is 1. The lowest BCUT2D eigenvalue weighted by molar-refractivity contribution is 0.0735. The first-order chi connectivity index (χ1) is 12.8. The molecule has 2 aliphatic rings. The van der Waals surface area contributed by atoms with Crippen LogP contribution < -0.4 is 4.31 Å². The number of rotatable bonds is 3. The number of nitrogens with zero attached hydrogens (tertiary/aromatic N) is 2. The summed E-state index contributed by atoms with van der Waals surface area (Å²) in [6, 6.07) is 13.6. The average Bonchev–Trinajstić information content (AvgIpc) is 3.27. The quantitative estimate of drug-likeness (QED) is 0.718. The Balaban J connectivity index is 1.62. The molecule has 2 aromatic rings. The van der Waals surface area contributed by atoms with Crippen molar-refractivity contribution in [2.75, 3.05) is 23.7 Å². The lowest BCUT2D eigenvalue weighted by Crippen LogP contribution is -2.30. The summed E-state index contributed by atoms with van der Waals surface area (Å²) in [5.74, 6) is 0.0121. The molecule has 1 amide bonds. The third-order valence-electron chi connectivity index (χ3n) is 5.33. The number of hydrogen-bond acceptors (Lipinski definition) is 3. The van der Waals surface area contributed by atoms with E-state index >= 15 is 0 Å². The molecule has 2 aromatic carbocycles. The summed E-state index contributed by atoms with van der Waals surface area (Å²) in [6.45, 7) is 1.18. The van der Waals surface area contributed by atoms with Crippen molar-refractivity contribution in [3.05, 3.63) is 63.6 Å². The maximum Gasteiger partial charge on any atom is 0.254 e. The highest BCUT2D eigenvalue weighted by atomic mass is 79.9. The van der Waals surface area contributed by atoms with Gasteiger partial charge in [0.05, 0.1) is 18.0 Å². The molecule has 7 heteroatoms. The van der Waals surface area contributed by atoms with Crippen molar-refractivity contribution >= 4 is 37.5 Å². The largest absolute Gasteiger partial charge is 0.332 e. The molecule has 142 valence electrons. The Kier molecular flexibility index (Phi) is 4.76. The van der Waals surface area contributed by atoms with E-state index < -0.39 is 10.0 Å². The van der Waals surface area contributed by atoms with Crippen LogP contribution in [0.1, 0.15) is 40.4 Å². The second-order valence-corrected chi connectivity index (χ2v) is 9.96. The standard InChI is InChI=1S/C20H21BrN2O3S/c1-27(25,26)23-11-9-15-12-16(7-8-19(15)23)20(24)22-10-3-6-18(22)14-4-2-5-17(21)13-14/h2,4-5,7-8,12-13,18H,3,6,9-11H2,1H3. The number of benzene rings is 2. The van der Waals surface area contributed by atoms with E-state index in [0.717, 1.165) is 35.0 Å². The summed E-state index contributed by atoms with van der Waals surface area (Å²) in [5, 5.41) is 0. The molecule has 1 fully saturated rings. The molecule has 0 aromatic heterocycles. The molecule has 1 saturated heterocycles. The lowest BCUT2D eigenvalue weighted by Gasteiger charge is -2.26. The fourth-order valence-corrected chi connectivity index (χ4v) is 5.46. The van der Waals surface area contributed by atoms with Gasteiger partial charge in [-0.2, -0.15) is 0 Å². The molecular formula is C20H21BrN2O3S. The first-order valence-electron chi connectivity index (χ1n) is 9.02. The van der Waals surface area contributed by atoms with Crippen LogP contribution in [0.15, 0.2) is 46.9 Å². The van der Waals surface area contributed by atoms with Crippen LogP contribution in [0.5, 0.6) is 0 Å². The van der Waals surface area contributed by atoms with E-state index in [4.69, 9.17) is 0 Å². The number of carbonyl (C=O) groups is 1. The molecule has 0 spiro atoms. The van der Waals surface area contributed by atoms with Gasteiger partial charge in [0.2, 0.25) is 10.0 Å². The molecule has 0 aliphatic carbocycles. The summed E-state index contributed by atoms with van der Waals surface area (Å²) in [4.78, 5) is 15.1. The van der Waals surface area contributed by atoms with Crippen LogP contribution in [-0.4, -0.2) is 38.6 Å². The molecule has 0 N–H and O–H groups in total. The van der Waals surface area contributed by atoms with Crippen molar-refractivity contribution in [1.29, 1.82) is 0 Å². The third kappa shape index (κ3) is 3.50. The predicted octanol–water partition coefficient (Wildman–Crippen LogP) is 3.75. The van der Waals surface area contributed by atoms with Crippen molar-refractivity contribution in [1.82, 2.24) is 4.90 Å². The van der Waals surface area contributed by atoms with Gasteiger partial charge in [0.15, 0.2) is 0 Å². The fourth-order valence-electron chi connectivity index (χ4n) is 4.09. The summed E-state index contributed by atoms with van der Waals surface area (Å²) in [6.07, 6.45) is 3.79. The van der Waals surface area contributed by atoms with E-state index in [9.17, 15) is 13.2 Å². The summed E-state index contributed by atoms with van der Waals surface area (Å²) < 4.78 is 26.2. The van der Waals surface area contributed by atoms with Gasteiger partial charge in [0, 0.05) is 23.1 Å². The van der Waals surface area contributed by atoms with Crippen molar-refractivity contribution in [3.8, 4) is 0 Å². The van der Waals surface area contributed by atoms with Gasteiger partial charge in [-0.1, -0.05) is 28.1 Å². The number of anilines is 1. The highest BCUT2D eigenvalue weighted by Crippen LogP contribution is 2.36. The minimum absolute atomic E-state index is 0.0121. The fraction of sp³-hybridized carbons (Fsp3) is 0.350. The molecule has 2 heterocycles. The predicted molar refractivity (Wildman–Crippen MR) is 109 cm³/mol. The van der Waals surface area contributed by atoms with E-state index in [1.807, 2.05) is 23.1 Å². The summed E-state index contributed by atoms with van der Waals surface area (Å²) in [7, 11) is -3.28.